The molecule has 0 radical (unpaired) electrons. The normalized spacial score (nSPS) is 11.5. The third-order valence-corrected chi connectivity index (χ3v) is 7.22. The number of aryl methyl sites for hydroxylation is 1. The van der Waals surface area contributed by atoms with Crippen molar-refractivity contribution in [1.29, 1.82) is 0 Å². The summed E-state index contributed by atoms with van der Waals surface area (Å²) >= 11 is 7.46. The fourth-order valence-electron chi connectivity index (χ4n) is 4.16. The molecule has 4 rings (SSSR count). The van der Waals surface area contributed by atoms with Gasteiger partial charge in [-0.05, 0) is 102 Å². The van der Waals surface area contributed by atoms with E-state index in [9.17, 15) is 14.7 Å². The monoisotopic (exact) mass is 577 g/mol. The number of rotatable bonds is 11. The van der Waals surface area contributed by atoms with Gasteiger partial charge < -0.3 is 20.0 Å². The molecule has 0 heterocycles. The van der Waals surface area contributed by atoms with Crippen LogP contribution in [-0.2, 0) is 4.79 Å². The Morgan fingerprint density at radius 1 is 0.902 bits per heavy atom. The molecule has 5 nitrogen and oxygen atoms in total. The van der Waals surface area contributed by atoms with Gasteiger partial charge in [-0.15, -0.1) is 0 Å². The standard InChI is InChI=1S/C33H30ClNO4S.Li/c1-22-5-3-4-6-28(22)30-21-24(11-18-29(30)32(36)35-31(33(37)38)19-20-40-2)8-7-23-9-14-26(15-10-23)39-27-16-12-25(34)13-17-27;/h3-18,21,31H,19-20H2,1-2H3,(H,35,36)(H,37,38);/q;+1/p-1/b8-7+;/t31-;/m0./s1. The van der Waals surface area contributed by atoms with E-state index < -0.39 is 17.9 Å². The molecule has 0 bridgehead atoms. The number of hydrogen-bond donors (Lipinski definition) is 1. The van der Waals surface area contributed by atoms with Gasteiger partial charge in [0.15, 0.2) is 0 Å². The molecule has 0 unspecified atom stereocenters. The first-order chi connectivity index (χ1) is 19.3. The Balaban J connectivity index is 0.00000462. The van der Waals surface area contributed by atoms with Crippen molar-refractivity contribution in [2.24, 2.45) is 0 Å². The van der Waals surface area contributed by atoms with Crippen LogP contribution in [0.2, 0.25) is 5.02 Å². The van der Waals surface area contributed by atoms with E-state index in [0.717, 1.165) is 27.8 Å². The second kappa shape index (κ2) is 15.6. The molecular formula is C33H29ClLiNO4S. The number of hydrogen-bond acceptors (Lipinski definition) is 5. The number of nitrogens with one attached hydrogen (secondary N) is 1. The molecule has 41 heavy (non-hydrogen) atoms. The molecule has 1 N–H and O–H groups in total. The number of carboxylic acid groups (broad SMARTS) is 1. The second-order valence-electron chi connectivity index (χ2n) is 9.20. The van der Waals surface area contributed by atoms with Gasteiger partial charge >= 0.3 is 18.9 Å². The average molecular weight is 578 g/mol. The van der Waals surface area contributed by atoms with Crippen LogP contribution in [-0.4, -0.2) is 29.9 Å². The van der Waals surface area contributed by atoms with Gasteiger partial charge in [0.05, 0.1) is 12.0 Å². The summed E-state index contributed by atoms with van der Waals surface area (Å²) < 4.78 is 5.86. The largest absolute Gasteiger partial charge is 1.00 e. The third-order valence-electron chi connectivity index (χ3n) is 6.32. The predicted molar refractivity (Wildman–Crippen MR) is 163 cm³/mol. The minimum atomic E-state index is -1.29. The Morgan fingerprint density at radius 2 is 1.51 bits per heavy atom. The van der Waals surface area contributed by atoms with E-state index in [4.69, 9.17) is 16.3 Å². The predicted octanol–water partition coefficient (Wildman–Crippen LogP) is 3.88. The molecule has 0 aliphatic carbocycles. The Hall–Kier alpha value is -3.40. The van der Waals surface area contributed by atoms with E-state index in [2.05, 4.69) is 5.32 Å². The van der Waals surface area contributed by atoms with Crippen LogP contribution in [0.25, 0.3) is 23.3 Å². The molecular weight excluding hydrogens is 549 g/mol. The Bertz CT molecular complexity index is 1510. The van der Waals surface area contributed by atoms with Gasteiger partial charge in [-0.3, -0.25) is 4.79 Å². The number of halogens is 1. The molecule has 1 amide bonds. The van der Waals surface area contributed by atoms with Gasteiger partial charge in [0.25, 0.3) is 5.91 Å². The number of amides is 1. The maximum atomic E-state index is 13.3. The molecule has 0 aliphatic heterocycles. The SMILES string of the molecule is CSCC[C@H](NC(=O)c1ccc(/C=C/c2ccc(Oc3ccc(Cl)cc3)cc2)cc1-c1ccccc1C)C(=O)[O-].[Li+]. The van der Waals surface area contributed by atoms with Crippen LogP contribution >= 0.6 is 23.4 Å². The van der Waals surface area contributed by atoms with E-state index >= 15 is 0 Å². The van der Waals surface area contributed by atoms with Crippen LogP contribution in [0, 0.1) is 6.92 Å². The first-order valence-electron chi connectivity index (χ1n) is 12.8. The minimum absolute atomic E-state index is 0. The Kier molecular flexibility index (Phi) is 12.2. The van der Waals surface area contributed by atoms with Crippen LogP contribution in [0.15, 0.2) is 91.0 Å². The molecule has 4 aromatic carbocycles. The van der Waals surface area contributed by atoms with E-state index in [1.165, 1.54) is 11.8 Å². The van der Waals surface area contributed by atoms with Crippen molar-refractivity contribution in [2.45, 2.75) is 19.4 Å². The number of aliphatic carboxylic acids is 1. The summed E-state index contributed by atoms with van der Waals surface area (Å²) in [6.45, 7) is 1.98. The zero-order chi connectivity index (χ0) is 28.5. The molecule has 204 valence electrons. The molecule has 0 saturated carbocycles. The summed E-state index contributed by atoms with van der Waals surface area (Å²) in [6.07, 6.45) is 6.14. The van der Waals surface area contributed by atoms with E-state index in [-0.39, 0.29) is 18.9 Å². The number of carbonyl (C=O) groups is 2. The summed E-state index contributed by atoms with van der Waals surface area (Å²) in [5.74, 6) is 0.283. The number of carbonyl (C=O) groups excluding carboxylic acids is 2. The van der Waals surface area contributed by atoms with Gasteiger partial charge in [0.1, 0.15) is 11.5 Å². The van der Waals surface area contributed by atoms with Crippen molar-refractivity contribution in [3.8, 4) is 22.6 Å². The van der Waals surface area contributed by atoms with E-state index in [1.807, 2.05) is 98.1 Å². The van der Waals surface area contributed by atoms with Crippen molar-refractivity contribution in [2.75, 3.05) is 12.0 Å². The molecule has 0 saturated heterocycles. The van der Waals surface area contributed by atoms with Gasteiger partial charge in [-0.2, -0.15) is 11.8 Å². The van der Waals surface area contributed by atoms with Crippen molar-refractivity contribution >= 4 is 47.4 Å². The minimum Gasteiger partial charge on any atom is -0.548 e. The van der Waals surface area contributed by atoms with Crippen LogP contribution in [0.4, 0.5) is 0 Å². The van der Waals surface area contributed by atoms with Gasteiger partial charge in [-0.1, -0.05) is 66.2 Å². The van der Waals surface area contributed by atoms with Gasteiger partial charge in [0.2, 0.25) is 0 Å². The first kappa shape index (κ1) is 32.1. The average Bonchev–Trinajstić information content (AvgIpc) is 2.96. The number of carboxylic acids is 1. The summed E-state index contributed by atoms with van der Waals surface area (Å²) in [6, 6.07) is 27.2. The topological polar surface area (TPSA) is 78.5 Å². The van der Waals surface area contributed by atoms with E-state index in [1.54, 1.807) is 18.2 Å². The molecule has 8 heteroatoms. The zero-order valence-corrected chi connectivity index (χ0v) is 24.8. The van der Waals surface area contributed by atoms with Gasteiger partial charge in [-0.25, -0.2) is 0 Å². The summed E-state index contributed by atoms with van der Waals surface area (Å²) in [5.41, 5.74) is 4.92. The maximum absolute atomic E-state index is 13.3. The van der Waals surface area contributed by atoms with Crippen LogP contribution < -0.4 is 34.0 Å². The summed E-state index contributed by atoms with van der Waals surface area (Å²) in [5, 5.41) is 14.9. The first-order valence-corrected chi connectivity index (χ1v) is 14.5. The summed E-state index contributed by atoms with van der Waals surface area (Å²) in [7, 11) is 0. The molecule has 0 fully saturated rings. The van der Waals surface area contributed by atoms with Crippen LogP contribution in [0.1, 0.15) is 33.5 Å². The van der Waals surface area contributed by atoms with E-state index in [0.29, 0.717) is 34.3 Å². The molecule has 0 aliphatic rings. The molecule has 0 aromatic heterocycles. The van der Waals surface area contributed by atoms with Crippen LogP contribution in [0.3, 0.4) is 0 Å². The maximum Gasteiger partial charge on any atom is 1.00 e. The third kappa shape index (κ3) is 9.04. The van der Waals surface area contributed by atoms with Gasteiger partial charge in [0, 0.05) is 10.6 Å². The van der Waals surface area contributed by atoms with Crippen molar-refractivity contribution in [3.05, 3.63) is 118 Å². The molecule has 4 aromatic rings. The quantitative estimate of drug-likeness (QED) is 0.216. The fourth-order valence-corrected chi connectivity index (χ4v) is 4.76. The smallest absolute Gasteiger partial charge is 0.548 e. The fraction of sp³-hybridized carbons (Fsp3) is 0.152. The Labute approximate surface area is 262 Å². The number of ether oxygens (including phenoxy) is 1. The molecule has 0 spiro atoms. The van der Waals surface area contributed by atoms with Crippen molar-refractivity contribution < 1.29 is 38.3 Å². The van der Waals surface area contributed by atoms with Crippen LogP contribution in [0.5, 0.6) is 11.5 Å². The zero-order valence-electron chi connectivity index (χ0n) is 23.2. The summed E-state index contributed by atoms with van der Waals surface area (Å²) in [4.78, 5) is 24.9. The van der Waals surface area contributed by atoms with Crippen molar-refractivity contribution in [3.63, 3.8) is 0 Å². The Morgan fingerprint density at radius 3 is 2.15 bits per heavy atom. The number of benzene rings is 4. The molecule has 1 atom stereocenters. The van der Waals surface area contributed by atoms with Crippen molar-refractivity contribution in [1.82, 2.24) is 5.32 Å². The number of thioether (sulfide) groups is 1. The second-order valence-corrected chi connectivity index (χ2v) is 10.6.